The molecule has 0 radical (unpaired) electrons. The summed E-state index contributed by atoms with van der Waals surface area (Å²) in [6, 6.07) is 0. The van der Waals surface area contributed by atoms with Gasteiger partial charge in [0.15, 0.2) is 0 Å². The smallest absolute Gasteiger partial charge is 0.0655 e. The molecule has 0 unspecified atom stereocenters. The molecule has 0 aromatic heterocycles. The van der Waals surface area contributed by atoms with Gasteiger partial charge < -0.3 is 5.11 Å². The lowest BCUT2D eigenvalue weighted by Gasteiger charge is -2.51. The second kappa shape index (κ2) is 3.52. The minimum atomic E-state index is -0.559. The first kappa shape index (κ1) is 12.0. The molecule has 0 bridgehead atoms. The molecular formula is C13H26O. The van der Waals surface area contributed by atoms with E-state index in [9.17, 15) is 5.11 Å². The molecule has 1 fully saturated rings. The monoisotopic (exact) mass is 198 g/mol. The highest BCUT2D eigenvalue weighted by atomic mass is 16.3. The van der Waals surface area contributed by atoms with Crippen molar-refractivity contribution in [1.29, 1.82) is 0 Å². The Balaban J connectivity index is 3.09. The van der Waals surface area contributed by atoms with Gasteiger partial charge in [0.2, 0.25) is 0 Å². The van der Waals surface area contributed by atoms with Crippen LogP contribution in [0.15, 0.2) is 0 Å². The van der Waals surface area contributed by atoms with Gasteiger partial charge in [0, 0.05) is 5.41 Å². The lowest BCUT2D eigenvalue weighted by Crippen LogP contribution is -2.52. The average molecular weight is 198 g/mol. The predicted octanol–water partition coefficient (Wildman–Crippen LogP) is 3.47. The largest absolute Gasteiger partial charge is 0.390 e. The summed E-state index contributed by atoms with van der Waals surface area (Å²) in [5.74, 6) is 1.84. The first-order chi connectivity index (χ1) is 6.24. The zero-order chi connectivity index (χ0) is 11.1. The van der Waals surface area contributed by atoms with Gasteiger partial charge >= 0.3 is 0 Å². The first-order valence-corrected chi connectivity index (χ1v) is 5.97. The molecule has 1 aliphatic carbocycles. The van der Waals surface area contributed by atoms with Crippen molar-refractivity contribution in [1.82, 2.24) is 0 Å². The predicted molar refractivity (Wildman–Crippen MR) is 61.1 cm³/mol. The second-order valence-electron chi connectivity index (χ2n) is 6.08. The molecular weight excluding hydrogens is 172 g/mol. The van der Waals surface area contributed by atoms with Crippen LogP contribution in [0.3, 0.4) is 0 Å². The molecule has 0 aromatic rings. The lowest BCUT2D eigenvalue weighted by atomic mass is 9.57. The lowest BCUT2D eigenvalue weighted by molar-refractivity contribution is -0.127. The zero-order valence-corrected chi connectivity index (χ0v) is 10.6. The van der Waals surface area contributed by atoms with Gasteiger partial charge in [-0.1, -0.05) is 27.7 Å². The fourth-order valence-corrected chi connectivity index (χ4v) is 4.08. The van der Waals surface area contributed by atoms with E-state index in [1.54, 1.807) is 0 Å². The van der Waals surface area contributed by atoms with Crippen LogP contribution in [0.2, 0.25) is 0 Å². The van der Waals surface area contributed by atoms with Crippen molar-refractivity contribution < 1.29 is 5.11 Å². The van der Waals surface area contributed by atoms with Gasteiger partial charge in [0.1, 0.15) is 0 Å². The molecule has 1 nitrogen and oxygen atoms in total. The topological polar surface area (TPSA) is 20.2 Å². The molecule has 14 heavy (non-hydrogen) atoms. The third kappa shape index (κ3) is 1.60. The summed E-state index contributed by atoms with van der Waals surface area (Å²) in [6.07, 6.45) is 2.61. The Bertz CT molecular complexity index is 180. The quantitative estimate of drug-likeness (QED) is 0.733. The van der Waals surface area contributed by atoms with E-state index in [2.05, 4.69) is 27.7 Å². The Kier molecular flexibility index (Phi) is 3.02. The van der Waals surface area contributed by atoms with Gasteiger partial charge in [-0.15, -0.1) is 0 Å². The molecule has 0 aromatic carbocycles. The van der Waals surface area contributed by atoms with Gasteiger partial charge in [-0.05, 0) is 44.4 Å². The summed E-state index contributed by atoms with van der Waals surface area (Å²) in [5, 5.41) is 10.5. The summed E-state index contributed by atoms with van der Waals surface area (Å²) in [4.78, 5) is 0. The third-order valence-electron chi connectivity index (χ3n) is 4.22. The molecule has 1 N–H and O–H groups in total. The van der Waals surface area contributed by atoms with Crippen molar-refractivity contribution in [2.45, 2.75) is 60.0 Å². The van der Waals surface area contributed by atoms with Gasteiger partial charge in [-0.2, -0.15) is 0 Å². The SMILES string of the molecule is CC(C)C(C(C)C)(C1CC1)C(C)(C)O. The van der Waals surface area contributed by atoms with Crippen molar-refractivity contribution in [3.63, 3.8) is 0 Å². The minimum absolute atomic E-state index is 0.104. The third-order valence-corrected chi connectivity index (χ3v) is 4.22. The van der Waals surface area contributed by atoms with Crippen LogP contribution in [0.1, 0.15) is 54.4 Å². The molecule has 0 aliphatic heterocycles. The van der Waals surface area contributed by atoms with E-state index in [-0.39, 0.29) is 5.41 Å². The average Bonchev–Trinajstić information content (AvgIpc) is 2.65. The molecule has 1 rings (SSSR count). The van der Waals surface area contributed by atoms with Crippen LogP contribution in [-0.2, 0) is 0 Å². The number of hydrogen-bond donors (Lipinski definition) is 1. The van der Waals surface area contributed by atoms with Crippen molar-refractivity contribution in [3.05, 3.63) is 0 Å². The Labute approximate surface area is 88.9 Å². The van der Waals surface area contributed by atoms with Crippen molar-refractivity contribution in [2.75, 3.05) is 0 Å². The highest BCUT2D eigenvalue weighted by Crippen LogP contribution is 2.59. The molecule has 0 heterocycles. The van der Waals surface area contributed by atoms with Crippen LogP contribution >= 0.6 is 0 Å². The normalized spacial score (nSPS) is 19.5. The van der Waals surface area contributed by atoms with Crippen LogP contribution in [0, 0.1) is 23.2 Å². The summed E-state index contributed by atoms with van der Waals surface area (Å²) >= 11 is 0. The van der Waals surface area contributed by atoms with Crippen LogP contribution < -0.4 is 0 Å². The van der Waals surface area contributed by atoms with E-state index in [1.807, 2.05) is 13.8 Å². The number of hydrogen-bond acceptors (Lipinski definition) is 1. The molecule has 0 amide bonds. The van der Waals surface area contributed by atoms with Gasteiger partial charge in [-0.25, -0.2) is 0 Å². The van der Waals surface area contributed by atoms with E-state index >= 15 is 0 Å². The number of aliphatic hydroxyl groups is 1. The van der Waals surface area contributed by atoms with E-state index in [0.717, 1.165) is 5.92 Å². The summed E-state index contributed by atoms with van der Waals surface area (Å²) in [7, 11) is 0. The van der Waals surface area contributed by atoms with Gasteiger partial charge in [0.05, 0.1) is 5.60 Å². The van der Waals surface area contributed by atoms with Crippen LogP contribution in [0.4, 0.5) is 0 Å². The van der Waals surface area contributed by atoms with Gasteiger partial charge in [0.25, 0.3) is 0 Å². The maximum absolute atomic E-state index is 10.5. The van der Waals surface area contributed by atoms with E-state index in [0.29, 0.717) is 11.8 Å². The number of rotatable bonds is 4. The molecule has 1 saturated carbocycles. The molecule has 1 aliphatic rings. The van der Waals surface area contributed by atoms with E-state index < -0.39 is 5.60 Å². The van der Waals surface area contributed by atoms with Crippen molar-refractivity contribution in [3.8, 4) is 0 Å². The van der Waals surface area contributed by atoms with E-state index in [4.69, 9.17) is 0 Å². The Hall–Kier alpha value is -0.0400. The fraction of sp³-hybridized carbons (Fsp3) is 1.00. The first-order valence-electron chi connectivity index (χ1n) is 5.97. The molecule has 84 valence electrons. The zero-order valence-electron chi connectivity index (χ0n) is 10.6. The summed E-state index contributed by atoms with van der Waals surface area (Å²) < 4.78 is 0. The maximum Gasteiger partial charge on any atom is 0.0655 e. The van der Waals surface area contributed by atoms with Crippen molar-refractivity contribution in [2.24, 2.45) is 23.2 Å². The molecule has 1 heteroatoms. The fourth-order valence-electron chi connectivity index (χ4n) is 4.08. The Morgan fingerprint density at radius 2 is 1.36 bits per heavy atom. The second-order valence-corrected chi connectivity index (χ2v) is 6.08. The Morgan fingerprint density at radius 1 is 1.00 bits per heavy atom. The van der Waals surface area contributed by atoms with E-state index in [1.165, 1.54) is 12.8 Å². The maximum atomic E-state index is 10.5. The standard InChI is InChI=1S/C13H26O/c1-9(2)13(10(3)4,11-7-8-11)12(5,6)14/h9-11,14H,7-8H2,1-6H3. The highest BCUT2D eigenvalue weighted by molar-refractivity contribution is 5.06. The molecule has 0 spiro atoms. The van der Waals surface area contributed by atoms with Crippen LogP contribution in [0.5, 0.6) is 0 Å². The molecule has 0 atom stereocenters. The minimum Gasteiger partial charge on any atom is -0.390 e. The summed E-state index contributed by atoms with van der Waals surface area (Å²) in [6.45, 7) is 13.0. The summed E-state index contributed by atoms with van der Waals surface area (Å²) in [5.41, 5.74) is -0.455. The van der Waals surface area contributed by atoms with Crippen LogP contribution in [0.25, 0.3) is 0 Å². The highest BCUT2D eigenvalue weighted by Gasteiger charge is 2.57. The van der Waals surface area contributed by atoms with Crippen molar-refractivity contribution >= 4 is 0 Å². The molecule has 0 saturated heterocycles. The van der Waals surface area contributed by atoms with Crippen LogP contribution in [-0.4, -0.2) is 10.7 Å². The Morgan fingerprint density at radius 3 is 1.43 bits per heavy atom. The van der Waals surface area contributed by atoms with Gasteiger partial charge in [-0.3, -0.25) is 0 Å².